The molecule has 0 saturated heterocycles. The van der Waals surface area contributed by atoms with E-state index in [-0.39, 0.29) is 0 Å². The Bertz CT molecular complexity index is 874. The summed E-state index contributed by atoms with van der Waals surface area (Å²) in [5, 5.41) is 0. The Morgan fingerprint density at radius 3 is 2.74 bits per heavy atom. The standard InChI is InChI=1S/C16H15N5S.W/c1-21-10-20-16(11-3-2-4-12(17)7-11)14(21)9-22-13-5-6-19-15(18)8-13;/h2-8,10H,17H2,1H3,(H2,18,19);. The van der Waals surface area contributed by atoms with Gasteiger partial charge in [-0.25, -0.2) is 0 Å². The van der Waals surface area contributed by atoms with E-state index in [1.165, 1.54) is 22.6 Å². The summed E-state index contributed by atoms with van der Waals surface area (Å²) >= 11 is 3.05. The first-order valence-corrected chi connectivity index (χ1v) is 9.14. The molecule has 116 valence electrons. The monoisotopic (exact) mass is 493 g/mol. The molecule has 0 aliphatic rings. The SMILES string of the molecule is Cn1cnc(-c2cccc(N)c2)c1[C](=[W])Sc1ccnc(N)c1. The molecule has 3 rings (SSSR count). The van der Waals surface area contributed by atoms with Crippen molar-refractivity contribution in [2.24, 2.45) is 7.05 Å². The number of anilines is 2. The Balaban J connectivity index is 1.96. The number of hydrogen-bond acceptors (Lipinski definition) is 5. The molecule has 2 heterocycles. The molecule has 7 heteroatoms. The van der Waals surface area contributed by atoms with Gasteiger partial charge in [0.05, 0.1) is 0 Å². The third kappa shape index (κ3) is 3.54. The molecule has 0 atom stereocenters. The topological polar surface area (TPSA) is 82.8 Å². The van der Waals surface area contributed by atoms with Crippen LogP contribution in [0.3, 0.4) is 0 Å². The number of thioether (sulfide) groups is 1. The zero-order valence-electron chi connectivity index (χ0n) is 12.4. The molecule has 4 N–H and O–H groups in total. The van der Waals surface area contributed by atoms with Crippen molar-refractivity contribution >= 4 is 26.5 Å². The van der Waals surface area contributed by atoms with E-state index in [2.05, 4.69) is 9.97 Å². The Labute approximate surface area is 149 Å². The fourth-order valence-corrected chi connectivity index (χ4v) is 4.98. The molecule has 0 spiro atoms. The average molecular weight is 493 g/mol. The Hall–Kier alpha value is -1.91. The summed E-state index contributed by atoms with van der Waals surface area (Å²) in [6.07, 6.45) is 3.56. The van der Waals surface area contributed by atoms with E-state index in [9.17, 15) is 0 Å². The zero-order valence-corrected chi connectivity index (χ0v) is 16.2. The van der Waals surface area contributed by atoms with Gasteiger partial charge < -0.3 is 0 Å². The van der Waals surface area contributed by atoms with Crippen molar-refractivity contribution in [2.45, 2.75) is 4.90 Å². The molecule has 0 aliphatic carbocycles. The van der Waals surface area contributed by atoms with Crippen LogP contribution in [0.2, 0.25) is 0 Å². The number of nitrogens with two attached hydrogens (primary N) is 2. The van der Waals surface area contributed by atoms with Crippen LogP contribution in [0.4, 0.5) is 11.5 Å². The van der Waals surface area contributed by atoms with Crippen molar-refractivity contribution in [1.29, 1.82) is 0 Å². The predicted octanol–water partition coefficient (Wildman–Crippen LogP) is 2.46. The molecule has 3 aromatic rings. The van der Waals surface area contributed by atoms with Crippen molar-refractivity contribution in [2.75, 3.05) is 11.5 Å². The van der Waals surface area contributed by atoms with Crippen molar-refractivity contribution in [3.63, 3.8) is 0 Å². The van der Waals surface area contributed by atoms with Crippen LogP contribution in [0.1, 0.15) is 5.69 Å². The van der Waals surface area contributed by atoms with Gasteiger partial charge in [-0.05, 0) is 0 Å². The molecular formula is C16H15N5SW. The first kappa shape index (κ1) is 16.0. The van der Waals surface area contributed by atoms with Crippen LogP contribution in [0, 0.1) is 0 Å². The number of nitrogen functional groups attached to an aromatic ring is 2. The van der Waals surface area contributed by atoms with Gasteiger partial charge in [0.15, 0.2) is 0 Å². The fourth-order valence-electron chi connectivity index (χ4n) is 2.21. The molecule has 2 aromatic heterocycles. The third-order valence-corrected chi connectivity index (χ3v) is 5.71. The van der Waals surface area contributed by atoms with Crippen LogP contribution in [0.15, 0.2) is 53.8 Å². The van der Waals surface area contributed by atoms with Gasteiger partial charge in [-0.15, -0.1) is 0 Å². The molecule has 0 radical (unpaired) electrons. The van der Waals surface area contributed by atoms with Crippen LogP contribution in [-0.4, -0.2) is 17.8 Å². The summed E-state index contributed by atoms with van der Waals surface area (Å²) < 4.78 is 3.26. The maximum absolute atomic E-state index is 5.91. The number of imidazole rings is 1. The van der Waals surface area contributed by atoms with Crippen molar-refractivity contribution in [1.82, 2.24) is 14.5 Å². The van der Waals surface area contributed by atoms with E-state index in [1.54, 1.807) is 18.0 Å². The molecule has 23 heavy (non-hydrogen) atoms. The Kier molecular flexibility index (Phi) is 4.64. The van der Waals surface area contributed by atoms with Gasteiger partial charge >= 0.3 is 150 Å². The molecular weight excluding hydrogens is 478 g/mol. The first-order valence-electron chi connectivity index (χ1n) is 6.85. The van der Waals surface area contributed by atoms with Gasteiger partial charge in [-0.3, -0.25) is 0 Å². The van der Waals surface area contributed by atoms with Crippen LogP contribution >= 0.6 is 11.8 Å². The van der Waals surface area contributed by atoms with Gasteiger partial charge in [0.25, 0.3) is 0 Å². The second-order valence-electron chi connectivity index (χ2n) is 4.98. The maximum atomic E-state index is 5.91. The summed E-state index contributed by atoms with van der Waals surface area (Å²) in [7, 11) is 2.00. The van der Waals surface area contributed by atoms with Crippen LogP contribution in [-0.2, 0) is 26.4 Å². The second-order valence-corrected chi connectivity index (χ2v) is 8.56. The predicted molar refractivity (Wildman–Crippen MR) is 91.7 cm³/mol. The summed E-state index contributed by atoms with van der Waals surface area (Å²) in [4.78, 5) is 9.66. The second kappa shape index (κ2) is 6.69. The average Bonchev–Trinajstić information content (AvgIpc) is 2.89. The van der Waals surface area contributed by atoms with Crippen LogP contribution in [0.25, 0.3) is 11.3 Å². The molecule has 1 aromatic carbocycles. The van der Waals surface area contributed by atoms with Gasteiger partial charge in [-0.2, -0.15) is 0 Å². The molecule has 0 amide bonds. The van der Waals surface area contributed by atoms with E-state index in [0.717, 1.165) is 27.5 Å². The number of pyridine rings is 1. The van der Waals surface area contributed by atoms with Gasteiger partial charge in [0.1, 0.15) is 0 Å². The Morgan fingerprint density at radius 1 is 1.17 bits per heavy atom. The molecule has 0 fully saturated rings. The fraction of sp³-hybridized carbons (Fsp3) is 0.0625. The summed E-state index contributed by atoms with van der Waals surface area (Å²) in [6, 6.07) is 11.6. The van der Waals surface area contributed by atoms with Crippen molar-refractivity contribution < 1.29 is 19.4 Å². The number of rotatable bonds is 4. The molecule has 0 bridgehead atoms. The minimum absolute atomic E-state index is 0.527. The third-order valence-electron chi connectivity index (χ3n) is 3.25. The van der Waals surface area contributed by atoms with Crippen molar-refractivity contribution in [3.8, 4) is 11.3 Å². The van der Waals surface area contributed by atoms with E-state index in [0.29, 0.717) is 5.82 Å². The van der Waals surface area contributed by atoms with Crippen molar-refractivity contribution in [3.05, 3.63) is 54.6 Å². The van der Waals surface area contributed by atoms with E-state index < -0.39 is 0 Å². The van der Waals surface area contributed by atoms with E-state index >= 15 is 0 Å². The normalized spacial score (nSPS) is 10.7. The molecule has 5 nitrogen and oxygen atoms in total. The number of hydrogen-bond donors (Lipinski definition) is 2. The van der Waals surface area contributed by atoms with E-state index in [1.807, 2.05) is 54.3 Å². The van der Waals surface area contributed by atoms with E-state index in [4.69, 9.17) is 11.5 Å². The van der Waals surface area contributed by atoms with Gasteiger partial charge in [-0.1, -0.05) is 0 Å². The quantitative estimate of drug-likeness (QED) is 0.431. The Morgan fingerprint density at radius 2 is 2.00 bits per heavy atom. The summed E-state index contributed by atoms with van der Waals surface area (Å²) in [5.41, 5.74) is 15.5. The minimum atomic E-state index is 0.527. The number of aryl methyl sites for hydroxylation is 1. The molecule has 0 saturated carbocycles. The molecule has 0 unspecified atom stereocenters. The zero-order chi connectivity index (χ0) is 16.4. The van der Waals surface area contributed by atoms with Crippen LogP contribution < -0.4 is 11.5 Å². The number of aromatic nitrogens is 3. The van der Waals surface area contributed by atoms with Gasteiger partial charge in [0.2, 0.25) is 0 Å². The number of nitrogens with zero attached hydrogens (tertiary/aromatic N) is 3. The molecule has 0 aliphatic heterocycles. The summed E-state index contributed by atoms with van der Waals surface area (Å²) in [5.74, 6) is 0.527. The number of benzene rings is 1. The van der Waals surface area contributed by atoms with Gasteiger partial charge in [0, 0.05) is 0 Å². The summed E-state index contributed by atoms with van der Waals surface area (Å²) in [6.45, 7) is 0. The first-order chi connectivity index (χ1) is 11.0. The van der Waals surface area contributed by atoms with Crippen LogP contribution in [0.5, 0.6) is 0 Å².